The fraction of sp³-hybridized carbons (Fsp3) is 0.0556. The quantitative estimate of drug-likeness (QED) is 0.608. The molecule has 2 aromatic carbocycles. The lowest BCUT2D eigenvalue weighted by atomic mass is 10.1. The lowest BCUT2D eigenvalue weighted by Crippen LogP contribution is -2.05. The van der Waals surface area contributed by atoms with Gasteiger partial charge in [0.1, 0.15) is 0 Å². The maximum Gasteiger partial charge on any atom is 0.335 e. The van der Waals surface area contributed by atoms with Crippen molar-refractivity contribution in [2.45, 2.75) is 6.92 Å². The third kappa shape index (κ3) is 1.74. The smallest absolute Gasteiger partial charge is 0.335 e. The second-order valence-corrected chi connectivity index (χ2v) is 5.41. The predicted molar refractivity (Wildman–Crippen MR) is 86.4 cm³/mol. The fourth-order valence-electron chi connectivity index (χ4n) is 2.94. The number of aromatic nitrogens is 2. The summed E-state index contributed by atoms with van der Waals surface area (Å²) in [7, 11) is 0. The zero-order valence-electron chi connectivity index (χ0n) is 12.0. The van der Waals surface area contributed by atoms with E-state index in [1.54, 1.807) is 12.1 Å². The van der Waals surface area contributed by atoms with Crippen LogP contribution in [0.4, 0.5) is 0 Å². The molecule has 0 aliphatic heterocycles. The number of carbonyl (C=O) groups is 1. The van der Waals surface area contributed by atoms with Gasteiger partial charge in [0.15, 0.2) is 0 Å². The van der Waals surface area contributed by atoms with Gasteiger partial charge in [-0.1, -0.05) is 18.2 Å². The van der Waals surface area contributed by atoms with Crippen LogP contribution in [0, 0.1) is 6.92 Å². The van der Waals surface area contributed by atoms with Crippen molar-refractivity contribution < 1.29 is 9.90 Å². The third-order valence-electron chi connectivity index (χ3n) is 4.04. The number of aryl methyl sites for hydroxylation is 1. The molecule has 0 unspecified atom stereocenters. The lowest BCUT2D eigenvalue weighted by molar-refractivity contribution is 0.0697. The molecular weight excluding hydrogens is 276 g/mol. The highest BCUT2D eigenvalue weighted by Crippen LogP contribution is 2.25. The van der Waals surface area contributed by atoms with E-state index in [0.29, 0.717) is 5.56 Å². The number of aromatic carboxylic acids is 1. The molecule has 22 heavy (non-hydrogen) atoms. The standard InChI is InChI=1S/C18H14N2O2/c1-12-11-20(17-7-6-14(18(21)22)10-15(12)17)19-9-8-13-4-2-3-5-16(13)19/h2-11H,1H3,(H,21,22). The summed E-state index contributed by atoms with van der Waals surface area (Å²) in [5.41, 5.74) is 3.46. The van der Waals surface area contributed by atoms with Crippen molar-refractivity contribution in [3.8, 4) is 0 Å². The van der Waals surface area contributed by atoms with Crippen LogP contribution < -0.4 is 0 Å². The van der Waals surface area contributed by atoms with Gasteiger partial charge in [-0.15, -0.1) is 0 Å². The van der Waals surface area contributed by atoms with Crippen LogP contribution in [0.15, 0.2) is 60.9 Å². The van der Waals surface area contributed by atoms with Gasteiger partial charge < -0.3 is 5.11 Å². The van der Waals surface area contributed by atoms with E-state index in [9.17, 15) is 4.79 Å². The van der Waals surface area contributed by atoms with E-state index >= 15 is 0 Å². The average Bonchev–Trinajstić information content (AvgIpc) is 3.08. The van der Waals surface area contributed by atoms with E-state index < -0.39 is 5.97 Å². The van der Waals surface area contributed by atoms with Crippen LogP contribution >= 0.6 is 0 Å². The molecule has 2 aromatic heterocycles. The van der Waals surface area contributed by atoms with Crippen LogP contribution in [0.25, 0.3) is 21.8 Å². The molecule has 0 radical (unpaired) electrons. The number of hydrogen-bond donors (Lipinski definition) is 1. The Morgan fingerprint density at radius 1 is 1.00 bits per heavy atom. The molecule has 0 saturated heterocycles. The van der Waals surface area contributed by atoms with Crippen LogP contribution in [-0.4, -0.2) is 20.4 Å². The molecule has 0 aliphatic carbocycles. The second-order valence-electron chi connectivity index (χ2n) is 5.41. The number of para-hydroxylation sites is 1. The number of carboxylic acids is 1. The van der Waals surface area contributed by atoms with Crippen LogP contribution in [0.3, 0.4) is 0 Å². The monoisotopic (exact) mass is 290 g/mol. The molecule has 0 atom stereocenters. The SMILES string of the molecule is Cc1cn(-n2ccc3ccccc32)c2ccc(C(=O)O)cc12. The summed E-state index contributed by atoms with van der Waals surface area (Å²) in [6.07, 6.45) is 4.05. The Kier molecular flexibility index (Phi) is 2.60. The first-order valence-corrected chi connectivity index (χ1v) is 7.07. The Morgan fingerprint density at radius 3 is 2.64 bits per heavy atom. The number of hydrogen-bond acceptors (Lipinski definition) is 1. The molecular formula is C18H14N2O2. The first-order valence-electron chi connectivity index (χ1n) is 7.07. The zero-order chi connectivity index (χ0) is 15.3. The third-order valence-corrected chi connectivity index (χ3v) is 4.04. The molecule has 0 amide bonds. The number of benzene rings is 2. The van der Waals surface area contributed by atoms with Gasteiger partial charge in [-0.3, -0.25) is 9.35 Å². The Balaban J connectivity index is 2.01. The van der Waals surface area contributed by atoms with Crippen LogP contribution in [0.1, 0.15) is 15.9 Å². The molecule has 4 aromatic rings. The van der Waals surface area contributed by atoms with E-state index in [-0.39, 0.29) is 0 Å². The summed E-state index contributed by atoms with van der Waals surface area (Å²) in [5.74, 6) is -0.902. The second kappa shape index (κ2) is 4.49. The summed E-state index contributed by atoms with van der Waals surface area (Å²) in [4.78, 5) is 11.2. The van der Waals surface area contributed by atoms with Gasteiger partial charge in [0.05, 0.1) is 16.6 Å². The summed E-state index contributed by atoms with van der Waals surface area (Å²) in [6, 6.07) is 15.5. The molecule has 1 N–H and O–H groups in total. The Hall–Kier alpha value is -3.01. The first-order chi connectivity index (χ1) is 10.6. The van der Waals surface area contributed by atoms with Crippen molar-refractivity contribution in [2.75, 3.05) is 0 Å². The van der Waals surface area contributed by atoms with Crippen LogP contribution in [0.5, 0.6) is 0 Å². The van der Waals surface area contributed by atoms with Crippen molar-refractivity contribution in [1.29, 1.82) is 0 Å². The molecule has 4 heteroatoms. The molecule has 0 fully saturated rings. The molecule has 0 saturated carbocycles. The first kappa shape index (κ1) is 12.7. The summed E-state index contributed by atoms with van der Waals surface area (Å²) >= 11 is 0. The van der Waals surface area contributed by atoms with Crippen LogP contribution in [0.2, 0.25) is 0 Å². The van der Waals surface area contributed by atoms with Gasteiger partial charge in [0.2, 0.25) is 0 Å². The van der Waals surface area contributed by atoms with Crippen molar-refractivity contribution in [1.82, 2.24) is 9.35 Å². The normalized spacial score (nSPS) is 11.3. The zero-order valence-corrected chi connectivity index (χ0v) is 12.0. The Bertz CT molecular complexity index is 1020. The van der Waals surface area contributed by atoms with Crippen molar-refractivity contribution in [3.05, 3.63) is 72.1 Å². The highest BCUT2D eigenvalue weighted by atomic mass is 16.4. The number of rotatable bonds is 2. The fourth-order valence-corrected chi connectivity index (χ4v) is 2.94. The molecule has 0 bridgehead atoms. The Labute approximate surface area is 126 Å². The number of carboxylic acid groups (broad SMARTS) is 1. The van der Waals surface area contributed by atoms with E-state index in [4.69, 9.17) is 5.11 Å². The maximum absolute atomic E-state index is 11.2. The summed E-state index contributed by atoms with van der Waals surface area (Å²) in [5, 5.41) is 11.3. The Morgan fingerprint density at radius 2 is 1.82 bits per heavy atom. The summed E-state index contributed by atoms with van der Waals surface area (Å²) in [6.45, 7) is 2.00. The van der Waals surface area contributed by atoms with Gasteiger partial charge in [-0.25, -0.2) is 4.79 Å². The van der Waals surface area contributed by atoms with Gasteiger partial charge in [-0.2, -0.15) is 0 Å². The minimum Gasteiger partial charge on any atom is -0.478 e. The largest absolute Gasteiger partial charge is 0.478 e. The number of fused-ring (bicyclic) bond motifs is 2. The van der Waals surface area contributed by atoms with E-state index in [1.807, 2.05) is 37.5 Å². The van der Waals surface area contributed by atoms with Gasteiger partial charge in [-0.05, 0) is 42.8 Å². The van der Waals surface area contributed by atoms with E-state index in [0.717, 1.165) is 22.0 Å². The van der Waals surface area contributed by atoms with Crippen molar-refractivity contribution in [3.63, 3.8) is 0 Å². The molecule has 4 rings (SSSR count). The molecule has 2 heterocycles. The average molecular weight is 290 g/mol. The highest BCUT2D eigenvalue weighted by molar-refractivity contribution is 5.95. The van der Waals surface area contributed by atoms with E-state index in [2.05, 4.69) is 27.6 Å². The highest BCUT2D eigenvalue weighted by Gasteiger charge is 2.11. The van der Waals surface area contributed by atoms with Crippen LogP contribution in [-0.2, 0) is 0 Å². The minimum atomic E-state index is -0.902. The lowest BCUT2D eigenvalue weighted by Gasteiger charge is -2.09. The van der Waals surface area contributed by atoms with Gasteiger partial charge >= 0.3 is 5.97 Å². The van der Waals surface area contributed by atoms with Crippen molar-refractivity contribution >= 4 is 27.8 Å². The molecule has 0 spiro atoms. The predicted octanol–water partition coefficient (Wildman–Crippen LogP) is 3.91. The summed E-state index contributed by atoms with van der Waals surface area (Å²) < 4.78 is 4.13. The maximum atomic E-state index is 11.2. The molecule has 4 nitrogen and oxygen atoms in total. The molecule has 108 valence electrons. The molecule has 0 aliphatic rings. The number of nitrogens with zero attached hydrogens (tertiary/aromatic N) is 2. The van der Waals surface area contributed by atoms with Gasteiger partial charge in [0.25, 0.3) is 0 Å². The minimum absolute atomic E-state index is 0.311. The van der Waals surface area contributed by atoms with E-state index in [1.165, 1.54) is 5.39 Å². The van der Waals surface area contributed by atoms with Gasteiger partial charge in [0, 0.05) is 23.2 Å². The van der Waals surface area contributed by atoms with Crippen molar-refractivity contribution in [2.24, 2.45) is 0 Å². The topological polar surface area (TPSA) is 47.2 Å².